The number of likely N-dealkylation sites (tertiary alicyclic amines) is 1. The van der Waals surface area contributed by atoms with Crippen LogP contribution in [0.3, 0.4) is 0 Å². The predicted octanol–water partition coefficient (Wildman–Crippen LogP) is 5.83. The quantitative estimate of drug-likeness (QED) is 0.383. The largest absolute Gasteiger partial charge is 0.324 e. The predicted molar refractivity (Wildman–Crippen MR) is 138 cm³/mol. The zero-order chi connectivity index (χ0) is 24.2. The molecule has 5 rings (SSSR count). The Balaban J connectivity index is 1.18. The van der Waals surface area contributed by atoms with Gasteiger partial charge in [0.05, 0.1) is 26.9 Å². The number of para-hydroxylation sites is 1. The number of anilines is 2. The van der Waals surface area contributed by atoms with E-state index in [1.807, 2.05) is 23.1 Å². The van der Waals surface area contributed by atoms with Gasteiger partial charge in [0.2, 0.25) is 0 Å². The van der Waals surface area contributed by atoms with E-state index in [0.29, 0.717) is 41.5 Å². The first-order chi connectivity index (χ1) is 17.1. The Hall–Kier alpha value is -4.22. The maximum Gasteiger partial charge on any atom is 0.321 e. The van der Waals surface area contributed by atoms with Crippen molar-refractivity contribution in [1.82, 2.24) is 9.88 Å². The van der Waals surface area contributed by atoms with E-state index in [4.69, 9.17) is 10.2 Å². The molecule has 1 aliphatic rings. The van der Waals surface area contributed by atoms with Gasteiger partial charge < -0.3 is 15.5 Å². The Morgan fingerprint density at radius 2 is 1.69 bits per heavy atom. The SMILES string of the molecule is N#Cc1cccc(NC(=O)c2cccc(NC(=O)N3CCC(c4nc5ccccc5s4)CC3)c2)c1. The van der Waals surface area contributed by atoms with Crippen molar-refractivity contribution in [3.05, 3.63) is 88.9 Å². The summed E-state index contributed by atoms with van der Waals surface area (Å²) in [5.41, 5.74) is 3.02. The molecule has 8 heteroatoms. The van der Waals surface area contributed by atoms with Crippen molar-refractivity contribution >= 4 is 44.9 Å². The molecule has 7 nitrogen and oxygen atoms in total. The molecule has 0 atom stereocenters. The third-order valence-corrected chi connectivity index (χ3v) is 7.27. The van der Waals surface area contributed by atoms with Crippen molar-refractivity contribution in [3.8, 4) is 6.07 Å². The second-order valence-electron chi connectivity index (χ2n) is 8.44. The number of hydrogen-bond acceptors (Lipinski definition) is 5. The lowest BCUT2D eigenvalue weighted by atomic mass is 9.98. The molecule has 0 saturated carbocycles. The first-order valence-electron chi connectivity index (χ1n) is 11.4. The van der Waals surface area contributed by atoms with Crippen LogP contribution in [0.25, 0.3) is 10.2 Å². The highest BCUT2D eigenvalue weighted by Gasteiger charge is 2.26. The number of urea groups is 1. The van der Waals surface area contributed by atoms with Crippen molar-refractivity contribution in [3.63, 3.8) is 0 Å². The molecule has 0 radical (unpaired) electrons. The highest BCUT2D eigenvalue weighted by molar-refractivity contribution is 7.18. The maximum atomic E-state index is 12.9. The lowest BCUT2D eigenvalue weighted by Crippen LogP contribution is -2.40. The number of aromatic nitrogens is 1. The van der Waals surface area contributed by atoms with E-state index in [2.05, 4.69) is 22.8 Å². The Labute approximate surface area is 207 Å². The number of fused-ring (bicyclic) bond motifs is 1. The Bertz CT molecular complexity index is 1400. The van der Waals surface area contributed by atoms with Gasteiger partial charge in [0, 0.05) is 35.9 Å². The van der Waals surface area contributed by atoms with Gasteiger partial charge >= 0.3 is 6.03 Å². The number of thiazole rings is 1. The molecule has 1 aliphatic heterocycles. The van der Waals surface area contributed by atoms with Gasteiger partial charge in [-0.3, -0.25) is 4.79 Å². The number of benzene rings is 3. The summed E-state index contributed by atoms with van der Waals surface area (Å²) in [6, 6.07) is 23.6. The maximum absolute atomic E-state index is 12.9. The molecular formula is C27H23N5O2S. The van der Waals surface area contributed by atoms with E-state index in [1.165, 1.54) is 4.70 Å². The molecule has 0 unspecified atom stereocenters. The Kier molecular flexibility index (Phi) is 6.42. The molecular weight excluding hydrogens is 458 g/mol. The third-order valence-electron chi connectivity index (χ3n) is 6.07. The molecule has 2 N–H and O–H groups in total. The number of piperidine rings is 1. The number of carbonyl (C=O) groups is 2. The standard InChI is InChI=1S/C27H23N5O2S/c28-17-18-5-3-7-21(15-18)29-25(33)20-6-4-8-22(16-20)30-27(34)32-13-11-19(12-14-32)26-31-23-9-1-2-10-24(23)35-26/h1-10,15-16,19H,11-14H2,(H,29,33)(H,30,34). The van der Waals surface area contributed by atoms with Gasteiger partial charge in [-0.25, -0.2) is 9.78 Å². The minimum Gasteiger partial charge on any atom is -0.324 e. The molecule has 0 spiro atoms. The van der Waals surface area contributed by atoms with E-state index >= 15 is 0 Å². The monoisotopic (exact) mass is 481 g/mol. The molecule has 0 aliphatic carbocycles. The number of nitriles is 1. The van der Waals surface area contributed by atoms with Gasteiger partial charge in [-0.2, -0.15) is 5.26 Å². The first kappa shape index (κ1) is 22.6. The number of carbonyl (C=O) groups excluding carboxylic acids is 2. The van der Waals surface area contributed by atoms with Crippen LogP contribution in [0.1, 0.15) is 39.7 Å². The highest BCUT2D eigenvalue weighted by Crippen LogP contribution is 2.34. The zero-order valence-electron chi connectivity index (χ0n) is 18.9. The molecule has 1 saturated heterocycles. The van der Waals surface area contributed by atoms with Crippen molar-refractivity contribution < 1.29 is 9.59 Å². The summed E-state index contributed by atoms with van der Waals surface area (Å²) in [5, 5.41) is 15.9. The topological polar surface area (TPSA) is 98.1 Å². The van der Waals surface area contributed by atoms with Crippen LogP contribution in [-0.2, 0) is 0 Å². The average Bonchev–Trinajstić information content (AvgIpc) is 3.33. The normalized spacial score (nSPS) is 13.9. The van der Waals surface area contributed by atoms with E-state index in [-0.39, 0.29) is 11.9 Å². The van der Waals surface area contributed by atoms with Crippen molar-refractivity contribution in [2.24, 2.45) is 0 Å². The fraction of sp³-hybridized carbons (Fsp3) is 0.185. The number of nitrogens with one attached hydrogen (secondary N) is 2. The van der Waals surface area contributed by atoms with E-state index < -0.39 is 0 Å². The van der Waals surface area contributed by atoms with E-state index in [0.717, 1.165) is 23.4 Å². The van der Waals surface area contributed by atoms with Gasteiger partial charge in [0.15, 0.2) is 0 Å². The smallest absolute Gasteiger partial charge is 0.321 e. The number of rotatable bonds is 4. The summed E-state index contributed by atoms with van der Waals surface area (Å²) in [7, 11) is 0. The van der Waals surface area contributed by atoms with Crippen LogP contribution in [0.2, 0.25) is 0 Å². The van der Waals surface area contributed by atoms with Crippen LogP contribution in [0.4, 0.5) is 16.2 Å². The molecule has 3 amide bonds. The average molecular weight is 482 g/mol. The molecule has 1 aromatic heterocycles. The number of nitrogens with zero attached hydrogens (tertiary/aromatic N) is 3. The third kappa shape index (κ3) is 5.15. The minimum absolute atomic E-state index is 0.174. The lowest BCUT2D eigenvalue weighted by Gasteiger charge is -2.31. The fourth-order valence-corrected chi connectivity index (χ4v) is 5.34. The van der Waals surface area contributed by atoms with Crippen LogP contribution in [0.5, 0.6) is 0 Å². The summed E-state index contributed by atoms with van der Waals surface area (Å²) < 4.78 is 1.20. The van der Waals surface area contributed by atoms with Gasteiger partial charge in [0.25, 0.3) is 5.91 Å². The molecule has 4 aromatic rings. The van der Waals surface area contributed by atoms with Gasteiger partial charge in [0.1, 0.15) is 0 Å². The fourth-order valence-electron chi connectivity index (χ4n) is 4.20. The van der Waals surface area contributed by atoms with Gasteiger partial charge in [-0.1, -0.05) is 24.3 Å². The first-order valence-corrected chi connectivity index (χ1v) is 12.2. The number of hydrogen-bond donors (Lipinski definition) is 2. The summed E-state index contributed by atoms with van der Waals surface area (Å²) in [4.78, 5) is 32.1. The van der Waals surface area contributed by atoms with Crippen LogP contribution in [0.15, 0.2) is 72.8 Å². The van der Waals surface area contributed by atoms with Crippen LogP contribution < -0.4 is 10.6 Å². The van der Waals surface area contributed by atoms with Gasteiger partial charge in [-0.05, 0) is 61.4 Å². The molecule has 2 heterocycles. The van der Waals surface area contributed by atoms with Crippen LogP contribution in [0, 0.1) is 11.3 Å². The van der Waals surface area contributed by atoms with E-state index in [9.17, 15) is 9.59 Å². The molecule has 174 valence electrons. The zero-order valence-corrected chi connectivity index (χ0v) is 19.7. The number of amides is 3. The van der Waals surface area contributed by atoms with Crippen molar-refractivity contribution in [2.45, 2.75) is 18.8 Å². The highest BCUT2D eigenvalue weighted by atomic mass is 32.1. The summed E-state index contributed by atoms with van der Waals surface area (Å²) in [5.74, 6) is 0.0517. The molecule has 1 fully saturated rings. The Morgan fingerprint density at radius 1 is 0.943 bits per heavy atom. The van der Waals surface area contributed by atoms with E-state index in [1.54, 1.807) is 59.9 Å². The molecule has 35 heavy (non-hydrogen) atoms. The Morgan fingerprint density at radius 3 is 2.46 bits per heavy atom. The summed E-state index contributed by atoms with van der Waals surface area (Å²) in [6.45, 7) is 1.31. The lowest BCUT2D eigenvalue weighted by molar-refractivity contribution is 0.102. The van der Waals surface area contributed by atoms with Crippen molar-refractivity contribution in [1.29, 1.82) is 5.26 Å². The summed E-state index contributed by atoms with van der Waals surface area (Å²) in [6.07, 6.45) is 1.74. The van der Waals surface area contributed by atoms with Crippen molar-refractivity contribution in [2.75, 3.05) is 23.7 Å². The second-order valence-corrected chi connectivity index (χ2v) is 9.50. The second kappa shape index (κ2) is 9.95. The minimum atomic E-state index is -0.312. The summed E-state index contributed by atoms with van der Waals surface area (Å²) >= 11 is 1.74. The molecule has 0 bridgehead atoms. The van der Waals surface area contributed by atoms with Crippen LogP contribution >= 0.6 is 11.3 Å². The van der Waals surface area contributed by atoms with Gasteiger partial charge in [-0.15, -0.1) is 11.3 Å². The molecule has 3 aromatic carbocycles. The van der Waals surface area contributed by atoms with Crippen LogP contribution in [-0.4, -0.2) is 34.9 Å².